The minimum Gasteiger partial charge on any atom is -0.389 e. The van der Waals surface area contributed by atoms with Gasteiger partial charge in [0.05, 0.1) is 10.7 Å². The summed E-state index contributed by atoms with van der Waals surface area (Å²) in [4.78, 5) is 12.4. The number of nitrogens with one attached hydrogen (secondary N) is 1. The highest BCUT2D eigenvalue weighted by molar-refractivity contribution is 7.80. The van der Waals surface area contributed by atoms with Gasteiger partial charge in [-0.15, -0.1) is 0 Å². The summed E-state index contributed by atoms with van der Waals surface area (Å²) in [5, 5.41) is 3.18. The number of aryl methyl sites for hydroxylation is 1. The number of nitrogens with two attached hydrogens (primary N) is 1. The van der Waals surface area contributed by atoms with Gasteiger partial charge in [-0.1, -0.05) is 42.9 Å². The van der Waals surface area contributed by atoms with E-state index in [0.29, 0.717) is 21.8 Å². The van der Waals surface area contributed by atoms with Crippen molar-refractivity contribution in [2.24, 2.45) is 5.73 Å². The van der Waals surface area contributed by atoms with Gasteiger partial charge >= 0.3 is 0 Å². The van der Waals surface area contributed by atoms with E-state index >= 15 is 0 Å². The minimum atomic E-state index is -0.206. The van der Waals surface area contributed by atoms with Gasteiger partial charge in [0.25, 0.3) is 5.91 Å². The molecule has 0 aromatic heterocycles. The van der Waals surface area contributed by atoms with Crippen molar-refractivity contribution in [1.82, 2.24) is 0 Å². The summed E-state index contributed by atoms with van der Waals surface area (Å²) in [5.41, 5.74) is 8.50. The van der Waals surface area contributed by atoms with Gasteiger partial charge in [-0.25, -0.2) is 0 Å². The van der Waals surface area contributed by atoms with Crippen molar-refractivity contribution in [2.45, 2.75) is 13.3 Å². The van der Waals surface area contributed by atoms with E-state index < -0.39 is 0 Å². The molecule has 0 saturated heterocycles. The molecule has 0 spiro atoms. The van der Waals surface area contributed by atoms with E-state index in [1.165, 1.54) is 5.56 Å². The first-order chi connectivity index (χ1) is 10.0. The minimum absolute atomic E-state index is 0.206. The highest BCUT2D eigenvalue weighted by atomic mass is 35.5. The molecule has 0 atom stereocenters. The Morgan fingerprint density at radius 1 is 1.19 bits per heavy atom. The predicted molar refractivity (Wildman–Crippen MR) is 91.1 cm³/mol. The van der Waals surface area contributed by atoms with Crippen LogP contribution in [0.1, 0.15) is 28.4 Å². The largest absolute Gasteiger partial charge is 0.389 e. The quantitative estimate of drug-likeness (QED) is 0.843. The lowest BCUT2D eigenvalue weighted by Gasteiger charge is -2.09. The van der Waals surface area contributed by atoms with E-state index in [2.05, 4.69) is 12.2 Å². The normalized spacial score (nSPS) is 10.2. The molecule has 21 heavy (non-hydrogen) atoms. The number of hydrogen-bond acceptors (Lipinski definition) is 2. The molecule has 3 N–H and O–H groups in total. The van der Waals surface area contributed by atoms with E-state index in [1.54, 1.807) is 30.3 Å². The number of benzene rings is 2. The molecule has 5 heteroatoms. The molecule has 0 aliphatic heterocycles. The molecule has 0 saturated carbocycles. The molecule has 0 bridgehead atoms. The molecule has 0 heterocycles. The van der Waals surface area contributed by atoms with Gasteiger partial charge in [-0.2, -0.15) is 0 Å². The second-order valence-electron chi connectivity index (χ2n) is 4.56. The third kappa shape index (κ3) is 3.80. The van der Waals surface area contributed by atoms with Crippen LogP contribution in [0.25, 0.3) is 0 Å². The Bertz CT molecular complexity index is 683. The fraction of sp³-hybridized carbons (Fsp3) is 0.125. The van der Waals surface area contributed by atoms with Crippen molar-refractivity contribution in [2.75, 3.05) is 5.32 Å². The number of amides is 1. The Morgan fingerprint density at radius 3 is 2.33 bits per heavy atom. The fourth-order valence-corrected chi connectivity index (χ4v) is 2.21. The monoisotopic (exact) mass is 318 g/mol. The molecule has 0 aliphatic carbocycles. The van der Waals surface area contributed by atoms with Crippen LogP contribution in [0, 0.1) is 0 Å². The van der Waals surface area contributed by atoms with E-state index in [-0.39, 0.29) is 10.9 Å². The maximum absolute atomic E-state index is 12.2. The lowest BCUT2D eigenvalue weighted by molar-refractivity contribution is 0.102. The molecule has 0 aliphatic rings. The number of hydrogen-bond donors (Lipinski definition) is 2. The van der Waals surface area contributed by atoms with Crippen molar-refractivity contribution in [3.63, 3.8) is 0 Å². The number of thiocarbonyl (C=S) groups is 1. The third-order valence-corrected chi connectivity index (χ3v) is 3.67. The van der Waals surface area contributed by atoms with E-state index in [4.69, 9.17) is 29.6 Å². The Kier molecular flexibility index (Phi) is 4.94. The smallest absolute Gasteiger partial charge is 0.255 e. The molecule has 2 aromatic carbocycles. The van der Waals surface area contributed by atoms with E-state index in [0.717, 1.165) is 6.42 Å². The zero-order chi connectivity index (χ0) is 15.4. The molecule has 0 radical (unpaired) electrons. The standard InChI is InChI=1S/C16H15ClN2OS/c1-2-10-3-5-11(6-4-10)16(20)19-14-8-7-12(15(18)21)9-13(14)17/h3-9H,2H2,1H3,(H2,18,21)(H,19,20). The molecular formula is C16H15ClN2OS. The van der Waals surface area contributed by atoms with Crippen LogP contribution in [0.2, 0.25) is 5.02 Å². The molecule has 3 nitrogen and oxygen atoms in total. The average molecular weight is 319 g/mol. The number of carbonyl (C=O) groups is 1. The molecular weight excluding hydrogens is 304 g/mol. The number of carbonyl (C=O) groups excluding carboxylic acids is 1. The topological polar surface area (TPSA) is 55.1 Å². The SMILES string of the molecule is CCc1ccc(C(=O)Nc2ccc(C(N)=S)cc2Cl)cc1. The Balaban J connectivity index is 2.17. The van der Waals surface area contributed by atoms with Crippen LogP contribution in [0.15, 0.2) is 42.5 Å². The molecule has 2 rings (SSSR count). The number of anilines is 1. The molecule has 0 unspecified atom stereocenters. The van der Waals surface area contributed by atoms with Crippen LogP contribution in [0.4, 0.5) is 5.69 Å². The van der Waals surface area contributed by atoms with Gasteiger partial charge in [-0.3, -0.25) is 4.79 Å². The van der Waals surface area contributed by atoms with Gasteiger partial charge in [0.2, 0.25) is 0 Å². The van der Waals surface area contributed by atoms with Crippen LogP contribution in [0.3, 0.4) is 0 Å². The maximum atomic E-state index is 12.2. The van der Waals surface area contributed by atoms with Crippen molar-refractivity contribution >= 4 is 40.4 Å². The summed E-state index contributed by atoms with van der Waals surface area (Å²) in [7, 11) is 0. The second-order valence-corrected chi connectivity index (χ2v) is 5.41. The number of rotatable bonds is 4. The van der Waals surface area contributed by atoms with Gasteiger partial charge in [-0.05, 0) is 42.3 Å². The first-order valence-electron chi connectivity index (χ1n) is 6.51. The third-order valence-electron chi connectivity index (χ3n) is 3.13. The molecule has 2 aromatic rings. The summed E-state index contributed by atoms with van der Waals surface area (Å²) in [6.45, 7) is 2.07. The Morgan fingerprint density at radius 2 is 1.81 bits per heavy atom. The average Bonchev–Trinajstić information content (AvgIpc) is 2.49. The summed E-state index contributed by atoms with van der Waals surface area (Å²) in [6, 6.07) is 12.5. The molecule has 1 amide bonds. The van der Waals surface area contributed by atoms with Gasteiger partial charge in [0, 0.05) is 11.1 Å². The lowest BCUT2D eigenvalue weighted by atomic mass is 10.1. The van der Waals surface area contributed by atoms with E-state index in [1.807, 2.05) is 12.1 Å². The van der Waals surface area contributed by atoms with Crippen molar-refractivity contribution in [1.29, 1.82) is 0 Å². The van der Waals surface area contributed by atoms with E-state index in [9.17, 15) is 4.79 Å². The predicted octanol–water partition coefficient (Wildman–Crippen LogP) is 3.79. The molecule has 108 valence electrons. The van der Waals surface area contributed by atoms with Crippen LogP contribution in [0.5, 0.6) is 0 Å². The summed E-state index contributed by atoms with van der Waals surface area (Å²) < 4.78 is 0. The van der Waals surface area contributed by atoms with Crippen molar-refractivity contribution < 1.29 is 4.79 Å². The summed E-state index contributed by atoms with van der Waals surface area (Å²) in [6.07, 6.45) is 0.939. The highest BCUT2D eigenvalue weighted by Crippen LogP contribution is 2.23. The summed E-state index contributed by atoms with van der Waals surface area (Å²) in [5.74, 6) is -0.206. The number of halogens is 1. The summed E-state index contributed by atoms with van der Waals surface area (Å²) >= 11 is 11.0. The van der Waals surface area contributed by atoms with Crippen molar-refractivity contribution in [3.8, 4) is 0 Å². The van der Waals surface area contributed by atoms with Crippen LogP contribution >= 0.6 is 23.8 Å². The zero-order valence-corrected chi connectivity index (χ0v) is 13.1. The highest BCUT2D eigenvalue weighted by Gasteiger charge is 2.09. The second kappa shape index (κ2) is 6.70. The lowest BCUT2D eigenvalue weighted by Crippen LogP contribution is -2.13. The first kappa shape index (κ1) is 15.5. The van der Waals surface area contributed by atoms with Crippen molar-refractivity contribution in [3.05, 3.63) is 64.2 Å². The first-order valence-corrected chi connectivity index (χ1v) is 7.29. The Hall–Kier alpha value is -1.91. The van der Waals surface area contributed by atoms with Crippen LogP contribution in [-0.4, -0.2) is 10.9 Å². The van der Waals surface area contributed by atoms with Crippen LogP contribution < -0.4 is 11.1 Å². The fourth-order valence-electron chi connectivity index (χ4n) is 1.86. The molecule has 0 fully saturated rings. The maximum Gasteiger partial charge on any atom is 0.255 e. The van der Waals surface area contributed by atoms with Crippen LogP contribution in [-0.2, 0) is 6.42 Å². The van der Waals surface area contributed by atoms with Gasteiger partial charge in [0.1, 0.15) is 4.99 Å². The van der Waals surface area contributed by atoms with Gasteiger partial charge in [0.15, 0.2) is 0 Å². The zero-order valence-electron chi connectivity index (χ0n) is 11.5. The Labute approximate surface area is 134 Å². The van der Waals surface area contributed by atoms with Gasteiger partial charge < -0.3 is 11.1 Å².